The molecule has 6 aliphatic rings. The third kappa shape index (κ3) is 1.63. The average Bonchev–Trinajstić information content (AvgIpc) is 3.07. The van der Waals surface area contributed by atoms with Crippen LogP contribution in [0.15, 0.2) is 11.6 Å². The van der Waals surface area contributed by atoms with Gasteiger partial charge < -0.3 is 24.4 Å². The third-order valence-corrected chi connectivity index (χ3v) is 9.36. The fraction of sp³-hybridized carbons (Fsp3) is 0.905. The molecule has 5 heteroatoms. The standard InChI is InChI=1S/C21H30O5/c1-19-7-5-12(22)9-11(19)3-4-14-13(19)6-8-20(2)16-15-10-24-17(16)26-21(14,20)18(23)25-15/h3,12-18,22-23H,4-10H2,1-2H3/t12-,13?,14?,15+,16+,17-,18+,19-,20+,21+/m0/s1. The third-order valence-electron chi connectivity index (χ3n) is 9.36. The number of hydrogen-bond acceptors (Lipinski definition) is 5. The van der Waals surface area contributed by atoms with Gasteiger partial charge in [-0.05, 0) is 49.9 Å². The Kier molecular flexibility index (Phi) is 3.12. The van der Waals surface area contributed by atoms with Crippen LogP contribution in [0.1, 0.15) is 52.4 Å². The molecule has 144 valence electrons. The molecule has 2 bridgehead atoms. The van der Waals surface area contributed by atoms with Crippen molar-refractivity contribution < 1.29 is 24.4 Å². The first kappa shape index (κ1) is 16.5. The molecule has 5 fully saturated rings. The van der Waals surface area contributed by atoms with Gasteiger partial charge in [0.2, 0.25) is 0 Å². The SMILES string of the molecule is C[C@]12CC[C@H](O)CC1=CCC1C2CC[C@]2(C)[C@H]3[C@H]4OC[C@H]3O[C@@H](O)[C@]12O4. The van der Waals surface area contributed by atoms with Crippen molar-refractivity contribution in [3.8, 4) is 0 Å². The highest BCUT2D eigenvalue weighted by Gasteiger charge is 2.78. The van der Waals surface area contributed by atoms with E-state index in [1.807, 2.05) is 0 Å². The van der Waals surface area contributed by atoms with Gasteiger partial charge in [0.05, 0.1) is 18.8 Å². The van der Waals surface area contributed by atoms with E-state index in [0.717, 1.165) is 32.1 Å². The van der Waals surface area contributed by atoms with Crippen molar-refractivity contribution in [1.82, 2.24) is 0 Å². The Morgan fingerprint density at radius 2 is 1.96 bits per heavy atom. The van der Waals surface area contributed by atoms with E-state index in [2.05, 4.69) is 19.9 Å². The summed E-state index contributed by atoms with van der Waals surface area (Å²) in [6.45, 7) is 5.23. The topological polar surface area (TPSA) is 68.2 Å². The van der Waals surface area contributed by atoms with Gasteiger partial charge in [-0.15, -0.1) is 0 Å². The fourth-order valence-electron chi connectivity index (χ4n) is 8.05. The predicted molar refractivity (Wildman–Crippen MR) is 92.9 cm³/mol. The number of fused-ring (bicyclic) bond motifs is 3. The molecule has 3 aliphatic carbocycles. The summed E-state index contributed by atoms with van der Waals surface area (Å²) in [5, 5.41) is 21.3. The van der Waals surface area contributed by atoms with Crippen molar-refractivity contribution in [2.24, 2.45) is 28.6 Å². The van der Waals surface area contributed by atoms with E-state index in [1.165, 1.54) is 12.0 Å². The van der Waals surface area contributed by atoms with E-state index < -0.39 is 11.9 Å². The summed E-state index contributed by atoms with van der Waals surface area (Å²) >= 11 is 0. The maximum atomic E-state index is 11.2. The number of aliphatic hydroxyl groups is 2. The summed E-state index contributed by atoms with van der Waals surface area (Å²) in [4.78, 5) is 0. The lowest BCUT2D eigenvalue weighted by atomic mass is 9.44. The van der Waals surface area contributed by atoms with E-state index in [-0.39, 0.29) is 41.2 Å². The van der Waals surface area contributed by atoms with Crippen LogP contribution in [0.3, 0.4) is 0 Å². The van der Waals surface area contributed by atoms with Crippen LogP contribution in [-0.2, 0) is 14.2 Å². The highest BCUT2D eigenvalue weighted by Crippen LogP contribution is 2.72. The van der Waals surface area contributed by atoms with E-state index in [0.29, 0.717) is 12.5 Å². The monoisotopic (exact) mass is 362 g/mol. The van der Waals surface area contributed by atoms with Gasteiger partial charge in [-0.3, -0.25) is 0 Å². The molecule has 3 heterocycles. The van der Waals surface area contributed by atoms with Crippen LogP contribution < -0.4 is 0 Å². The summed E-state index contributed by atoms with van der Waals surface area (Å²) in [6, 6.07) is 0. The Bertz CT molecular complexity index is 677. The van der Waals surface area contributed by atoms with Crippen LogP contribution in [0.4, 0.5) is 0 Å². The van der Waals surface area contributed by atoms with E-state index in [1.54, 1.807) is 0 Å². The van der Waals surface area contributed by atoms with Crippen molar-refractivity contribution in [3.05, 3.63) is 11.6 Å². The van der Waals surface area contributed by atoms with Crippen molar-refractivity contribution in [3.63, 3.8) is 0 Å². The Balaban J connectivity index is 1.47. The van der Waals surface area contributed by atoms with Crippen LogP contribution in [0, 0.1) is 28.6 Å². The predicted octanol–water partition coefficient (Wildman–Crippen LogP) is 2.36. The molecule has 5 nitrogen and oxygen atoms in total. The second-order valence-corrected chi connectivity index (χ2v) is 10.1. The lowest BCUT2D eigenvalue weighted by Gasteiger charge is -2.64. The summed E-state index contributed by atoms with van der Waals surface area (Å²) in [5.74, 6) is 0.949. The molecular formula is C21H30O5. The largest absolute Gasteiger partial charge is 0.393 e. The van der Waals surface area contributed by atoms with Gasteiger partial charge in [-0.2, -0.15) is 0 Å². The van der Waals surface area contributed by atoms with Crippen LogP contribution in [0.25, 0.3) is 0 Å². The number of rotatable bonds is 0. The molecule has 0 spiro atoms. The van der Waals surface area contributed by atoms with Gasteiger partial charge in [-0.25, -0.2) is 0 Å². The van der Waals surface area contributed by atoms with Crippen molar-refractivity contribution in [1.29, 1.82) is 0 Å². The molecule has 3 aliphatic heterocycles. The van der Waals surface area contributed by atoms with Gasteiger partial charge in [-0.1, -0.05) is 25.5 Å². The number of allylic oxidation sites excluding steroid dienone is 1. The second kappa shape index (κ2) is 4.93. The lowest BCUT2D eigenvalue weighted by Crippen LogP contribution is -2.70. The van der Waals surface area contributed by atoms with Crippen LogP contribution in [0.2, 0.25) is 0 Å². The number of hydrogen-bond donors (Lipinski definition) is 2. The Labute approximate surface area is 154 Å². The fourth-order valence-corrected chi connectivity index (χ4v) is 8.05. The van der Waals surface area contributed by atoms with E-state index in [9.17, 15) is 10.2 Å². The highest BCUT2D eigenvalue weighted by atomic mass is 16.8. The van der Waals surface area contributed by atoms with Crippen molar-refractivity contribution >= 4 is 0 Å². The molecular weight excluding hydrogens is 332 g/mol. The number of aliphatic hydroxyl groups excluding tert-OH is 2. The van der Waals surface area contributed by atoms with Gasteiger partial charge in [0.1, 0.15) is 5.60 Å². The summed E-state index contributed by atoms with van der Waals surface area (Å²) < 4.78 is 18.6. The van der Waals surface area contributed by atoms with Gasteiger partial charge in [0.25, 0.3) is 0 Å². The first-order valence-corrected chi connectivity index (χ1v) is 10.4. The summed E-state index contributed by atoms with van der Waals surface area (Å²) in [6.07, 6.45) is 6.84. The molecule has 2 unspecified atom stereocenters. The zero-order valence-corrected chi connectivity index (χ0v) is 15.7. The average molecular weight is 362 g/mol. The van der Waals surface area contributed by atoms with Crippen molar-refractivity contribution in [2.75, 3.05) is 6.61 Å². The zero-order valence-electron chi connectivity index (χ0n) is 15.7. The minimum Gasteiger partial charge on any atom is -0.393 e. The molecule has 10 atom stereocenters. The van der Waals surface area contributed by atoms with Gasteiger partial charge >= 0.3 is 0 Å². The second-order valence-electron chi connectivity index (χ2n) is 10.1. The normalized spacial score (nSPS) is 62.9. The van der Waals surface area contributed by atoms with Crippen LogP contribution >= 0.6 is 0 Å². The minimum atomic E-state index is -0.872. The smallest absolute Gasteiger partial charge is 0.185 e. The highest BCUT2D eigenvalue weighted by molar-refractivity contribution is 5.30. The molecule has 0 aromatic heterocycles. The molecule has 0 radical (unpaired) electrons. The molecule has 0 aromatic rings. The van der Waals surface area contributed by atoms with E-state index in [4.69, 9.17) is 14.2 Å². The van der Waals surface area contributed by atoms with E-state index >= 15 is 0 Å². The molecule has 2 N–H and O–H groups in total. The van der Waals surface area contributed by atoms with Crippen LogP contribution in [0.5, 0.6) is 0 Å². The van der Waals surface area contributed by atoms with Crippen molar-refractivity contribution in [2.45, 2.75) is 82.8 Å². The Hall–Kier alpha value is -0.460. The lowest BCUT2D eigenvalue weighted by molar-refractivity contribution is -0.349. The Morgan fingerprint density at radius 1 is 1.12 bits per heavy atom. The van der Waals surface area contributed by atoms with Gasteiger partial charge in [0, 0.05) is 17.3 Å². The molecule has 0 amide bonds. The summed E-state index contributed by atoms with van der Waals surface area (Å²) in [7, 11) is 0. The molecule has 6 rings (SSSR count). The maximum absolute atomic E-state index is 11.2. The molecule has 2 saturated carbocycles. The van der Waals surface area contributed by atoms with Gasteiger partial charge in [0.15, 0.2) is 12.6 Å². The summed E-state index contributed by atoms with van der Waals surface area (Å²) in [5.41, 5.74) is 0.782. The first-order chi connectivity index (χ1) is 12.4. The quantitative estimate of drug-likeness (QED) is 0.648. The molecule has 0 aromatic carbocycles. The first-order valence-electron chi connectivity index (χ1n) is 10.4. The van der Waals surface area contributed by atoms with Crippen LogP contribution in [-0.4, -0.2) is 47.2 Å². The molecule has 26 heavy (non-hydrogen) atoms. The molecule has 3 saturated heterocycles. The zero-order chi connectivity index (χ0) is 17.9. The number of ether oxygens (including phenoxy) is 3. The maximum Gasteiger partial charge on any atom is 0.185 e. The Morgan fingerprint density at radius 3 is 2.81 bits per heavy atom. The minimum absolute atomic E-state index is 0.0396.